The highest BCUT2D eigenvalue weighted by Crippen LogP contribution is 2.27. The summed E-state index contributed by atoms with van der Waals surface area (Å²) in [7, 11) is 3.71. The fourth-order valence-electron chi connectivity index (χ4n) is 2.57. The lowest BCUT2D eigenvalue weighted by atomic mass is 10.1. The van der Waals surface area contributed by atoms with Crippen LogP contribution in [0.25, 0.3) is 0 Å². The van der Waals surface area contributed by atoms with Crippen LogP contribution in [0.5, 0.6) is 0 Å². The number of anilines is 2. The van der Waals surface area contributed by atoms with Crippen molar-refractivity contribution in [3.63, 3.8) is 0 Å². The van der Waals surface area contributed by atoms with Crippen LogP contribution in [0.3, 0.4) is 0 Å². The summed E-state index contributed by atoms with van der Waals surface area (Å²) < 4.78 is 0. The maximum atomic E-state index is 12.6. The van der Waals surface area contributed by atoms with E-state index in [-0.39, 0.29) is 5.91 Å². The van der Waals surface area contributed by atoms with Gasteiger partial charge >= 0.3 is 0 Å². The lowest BCUT2D eigenvalue weighted by molar-refractivity contribution is 0.102. The number of nitrogens with zero attached hydrogens (tertiary/aromatic N) is 3. The van der Waals surface area contributed by atoms with Crippen molar-refractivity contribution in [3.05, 3.63) is 69.3 Å². The van der Waals surface area contributed by atoms with E-state index < -0.39 is 0 Å². The number of carbonyl (C=O) groups is 1. The summed E-state index contributed by atoms with van der Waals surface area (Å²) in [4.78, 5) is 24.0. The molecular formula is C19H19ClN4OS. The van der Waals surface area contributed by atoms with E-state index >= 15 is 0 Å². The van der Waals surface area contributed by atoms with Crippen LogP contribution in [0.2, 0.25) is 5.02 Å². The van der Waals surface area contributed by atoms with Gasteiger partial charge in [-0.15, -0.1) is 11.3 Å². The van der Waals surface area contributed by atoms with Crippen molar-refractivity contribution in [2.24, 2.45) is 0 Å². The van der Waals surface area contributed by atoms with E-state index in [0.717, 1.165) is 21.0 Å². The fourth-order valence-corrected chi connectivity index (χ4v) is 3.60. The Bertz CT molecular complexity index is 939. The minimum absolute atomic E-state index is 0.226. The maximum absolute atomic E-state index is 12.6. The van der Waals surface area contributed by atoms with Crippen LogP contribution in [0.4, 0.5) is 10.9 Å². The van der Waals surface area contributed by atoms with Crippen molar-refractivity contribution in [1.29, 1.82) is 0 Å². The second kappa shape index (κ2) is 7.85. The summed E-state index contributed by atoms with van der Waals surface area (Å²) in [6.07, 6.45) is 4.12. The first-order valence-corrected chi connectivity index (χ1v) is 9.27. The first kappa shape index (κ1) is 18.4. The quantitative estimate of drug-likeness (QED) is 0.705. The van der Waals surface area contributed by atoms with Crippen LogP contribution < -0.4 is 10.2 Å². The zero-order valence-corrected chi connectivity index (χ0v) is 16.4. The fraction of sp³-hybridized carbons (Fsp3) is 0.211. The minimum Gasteiger partial charge on any atom is -0.362 e. The number of thiazole rings is 1. The van der Waals surface area contributed by atoms with Gasteiger partial charge in [0, 0.05) is 42.8 Å². The number of aryl methyl sites for hydroxylation is 1. The molecule has 0 aliphatic carbocycles. The van der Waals surface area contributed by atoms with Crippen molar-refractivity contribution in [2.75, 3.05) is 24.3 Å². The van der Waals surface area contributed by atoms with Crippen LogP contribution in [0, 0.1) is 6.92 Å². The van der Waals surface area contributed by atoms with Gasteiger partial charge in [0.15, 0.2) is 5.13 Å². The van der Waals surface area contributed by atoms with Gasteiger partial charge in [0.2, 0.25) is 0 Å². The zero-order valence-electron chi connectivity index (χ0n) is 14.8. The van der Waals surface area contributed by atoms with Crippen molar-refractivity contribution < 1.29 is 4.79 Å². The minimum atomic E-state index is -0.226. The van der Waals surface area contributed by atoms with Crippen LogP contribution in [0.15, 0.2) is 42.7 Å². The number of hydrogen-bond donors (Lipinski definition) is 1. The Kier molecular flexibility index (Phi) is 5.54. The van der Waals surface area contributed by atoms with E-state index in [0.29, 0.717) is 22.9 Å². The number of benzene rings is 1. The molecule has 3 rings (SSSR count). The highest BCUT2D eigenvalue weighted by molar-refractivity contribution is 7.15. The molecule has 0 unspecified atom stereocenters. The average molecular weight is 387 g/mol. The second-order valence-corrected chi connectivity index (χ2v) is 7.57. The molecule has 0 fully saturated rings. The number of halogens is 1. The number of carbonyl (C=O) groups excluding carboxylic acids is 1. The number of aromatic nitrogens is 2. The Balaban J connectivity index is 1.75. The van der Waals surface area contributed by atoms with E-state index in [4.69, 9.17) is 11.6 Å². The van der Waals surface area contributed by atoms with Crippen LogP contribution in [0.1, 0.15) is 26.4 Å². The molecule has 1 N–H and O–H groups in total. The van der Waals surface area contributed by atoms with Crippen LogP contribution >= 0.6 is 22.9 Å². The predicted molar refractivity (Wildman–Crippen MR) is 108 cm³/mol. The largest absolute Gasteiger partial charge is 0.362 e. The van der Waals surface area contributed by atoms with E-state index in [1.807, 2.05) is 44.1 Å². The van der Waals surface area contributed by atoms with Gasteiger partial charge < -0.3 is 4.90 Å². The Morgan fingerprint density at radius 3 is 2.81 bits per heavy atom. The van der Waals surface area contributed by atoms with Crippen molar-refractivity contribution >= 4 is 39.8 Å². The smallest absolute Gasteiger partial charge is 0.261 e. The molecule has 1 amide bonds. The summed E-state index contributed by atoms with van der Waals surface area (Å²) in [5, 5.41) is 4.19. The number of pyridine rings is 1. The molecule has 0 saturated carbocycles. The highest BCUT2D eigenvalue weighted by atomic mass is 35.5. The molecule has 134 valence electrons. The predicted octanol–water partition coefficient (Wildman–Crippen LogP) is 4.41. The summed E-state index contributed by atoms with van der Waals surface area (Å²) >= 11 is 7.81. The molecule has 7 heteroatoms. The Morgan fingerprint density at radius 2 is 2.04 bits per heavy atom. The van der Waals surface area contributed by atoms with Gasteiger partial charge in [-0.3, -0.25) is 10.1 Å². The molecule has 1 aromatic carbocycles. The first-order valence-electron chi connectivity index (χ1n) is 8.08. The summed E-state index contributed by atoms with van der Waals surface area (Å²) in [6, 6.07) is 9.48. The third-order valence-electron chi connectivity index (χ3n) is 3.87. The van der Waals surface area contributed by atoms with Gasteiger partial charge in [0.05, 0.1) is 5.56 Å². The number of nitrogens with one attached hydrogen (secondary N) is 1. The Morgan fingerprint density at radius 1 is 1.23 bits per heavy atom. The summed E-state index contributed by atoms with van der Waals surface area (Å²) in [5.74, 6) is 0.393. The molecule has 0 spiro atoms. The lowest BCUT2D eigenvalue weighted by Crippen LogP contribution is -2.19. The Labute approximate surface area is 161 Å². The van der Waals surface area contributed by atoms with Crippen molar-refractivity contribution in [1.82, 2.24) is 9.97 Å². The second-order valence-electron chi connectivity index (χ2n) is 6.08. The monoisotopic (exact) mass is 386 g/mol. The molecule has 5 nitrogen and oxygen atoms in total. The molecule has 0 atom stereocenters. The molecule has 0 saturated heterocycles. The van der Waals surface area contributed by atoms with Crippen molar-refractivity contribution in [3.8, 4) is 0 Å². The summed E-state index contributed by atoms with van der Waals surface area (Å²) in [6.45, 7) is 1.99. The van der Waals surface area contributed by atoms with E-state index in [1.165, 1.54) is 11.3 Å². The highest BCUT2D eigenvalue weighted by Gasteiger charge is 2.15. The van der Waals surface area contributed by atoms with Crippen LogP contribution in [-0.2, 0) is 6.42 Å². The molecule has 2 aromatic heterocycles. The normalized spacial score (nSPS) is 10.6. The molecule has 0 radical (unpaired) electrons. The van der Waals surface area contributed by atoms with E-state index in [9.17, 15) is 4.79 Å². The summed E-state index contributed by atoms with van der Waals surface area (Å²) in [5.41, 5.74) is 2.61. The van der Waals surface area contributed by atoms with Crippen LogP contribution in [-0.4, -0.2) is 30.0 Å². The molecule has 0 bridgehead atoms. The molecular weight excluding hydrogens is 368 g/mol. The SMILES string of the molecule is Cc1cccc(Cc2cnc(NC(=O)c3cccnc3N(C)C)s2)c1Cl. The van der Waals surface area contributed by atoms with Gasteiger partial charge in [0.25, 0.3) is 5.91 Å². The molecule has 3 aromatic rings. The van der Waals surface area contributed by atoms with Gasteiger partial charge in [-0.1, -0.05) is 29.8 Å². The third kappa shape index (κ3) is 4.03. The van der Waals surface area contributed by atoms with E-state index in [2.05, 4.69) is 15.3 Å². The average Bonchev–Trinajstić information content (AvgIpc) is 3.06. The van der Waals surface area contributed by atoms with E-state index in [1.54, 1.807) is 24.5 Å². The standard InChI is InChI=1S/C19H19ClN4OS/c1-12-6-4-7-13(16(12)20)10-14-11-22-19(26-14)23-18(25)15-8-5-9-21-17(15)24(2)3/h4-9,11H,10H2,1-3H3,(H,22,23,25). The number of rotatable bonds is 5. The van der Waals surface area contributed by atoms with Gasteiger partial charge in [-0.25, -0.2) is 9.97 Å². The van der Waals surface area contributed by atoms with Gasteiger partial charge in [-0.2, -0.15) is 0 Å². The molecule has 26 heavy (non-hydrogen) atoms. The zero-order chi connectivity index (χ0) is 18.7. The van der Waals surface area contributed by atoms with Crippen molar-refractivity contribution in [2.45, 2.75) is 13.3 Å². The lowest BCUT2D eigenvalue weighted by Gasteiger charge is -2.14. The first-order chi connectivity index (χ1) is 12.5. The number of amides is 1. The topological polar surface area (TPSA) is 58.1 Å². The number of hydrogen-bond acceptors (Lipinski definition) is 5. The molecule has 2 heterocycles. The van der Waals surface area contributed by atoms with Gasteiger partial charge in [-0.05, 0) is 30.2 Å². The Hall–Kier alpha value is -2.44. The maximum Gasteiger partial charge on any atom is 0.261 e. The molecule has 0 aliphatic rings. The molecule has 0 aliphatic heterocycles. The third-order valence-corrected chi connectivity index (χ3v) is 5.32. The van der Waals surface area contributed by atoms with Gasteiger partial charge in [0.1, 0.15) is 5.82 Å².